The highest BCUT2D eigenvalue weighted by atomic mass is 35.5. The molecule has 0 aliphatic heterocycles. The van der Waals surface area contributed by atoms with Crippen LogP contribution in [0.5, 0.6) is 0 Å². The van der Waals surface area contributed by atoms with Gasteiger partial charge in [0.15, 0.2) is 0 Å². The van der Waals surface area contributed by atoms with Crippen molar-refractivity contribution < 1.29 is 12.8 Å². The van der Waals surface area contributed by atoms with Crippen LogP contribution in [0.4, 0.5) is 4.39 Å². The summed E-state index contributed by atoms with van der Waals surface area (Å²) in [5.74, 6) is -0.509. The smallest absolute Gasteiger partial charge is 0.207 e. The Morgan fingerprint density at radius 2 is 2.05 bits per heavy atom. The van der Waals surface area contributed by atoms with Gasteiger partial charge in [0.05, 0.1) is 0 Å². The van der Waals surface area contributed by atoms with Crippen LogP contribution in [0.25, 0.3) is 0 Å². The minimum Gasteiger partial charge on any atom is -0.207 e. The highest BCUT2D eigenvalue weighted by Crippen LogP contribution is 2.21. The molecule has 0 saturated heterocycles. The van der Waals surface area contributed by atoms with Crippen molar-refractivity contribution in [3.8, 4) is 0 Å². The van der Waals surface area contributed by atoms with E-state index in [1.165, 1.54) is 25.2 Å². The number of nitrogens with zero attached hydrogens (tertiary/aromatic N) is 1. The largest absolute Gasteiger partial charge is 0.279 e. The van der Waals surface area contributed by atoms with E-state index in [-0.39, 0.29) is 17.1 Å². The minimum atomic E-state index is -3.61. The third-order valence-electron chi connectivity index (χ3n) is 2.92. The monoisotopic (exact) mass is 322 g/mol. The van der Waals surface area contributed by atoms with Gasteiger partial charge >= 0.3 is 0 Å². The first-order valence-electron chi connectivity index (χ1n) is 6.52. The molecule has 1 aromatic rings. The average molecular weight is 323 g/mol. The van der Waals surface area contributed by atoms with Crippen LogP contribution in [0.15, 0.2) is 18.2 Å². The molecule has 0 aliphatic rings. The number of benzene rings is 1. The lowest BCUT2D eigenvalue weighted by molar-refractivity contribution is 0.445. The molecule has 0 radical (unpaired) electrons. The van der Waals surface area contributed by atoms with Gasteiger partial charge in [0, 0.05) is 30.7 Å². The Bertz CT molecular complexity index is 517. The minimum absolute atomic E-state index is 0.103. The van der Waals surface area contributed by atoms with Gasteiger partial charge in [-0.2, -0.15) is 12.7 Å². The molecule has 0 amide bonds. The van der Waals surface area contributed by atoms with E-state index in [1.54, 1.807) is 0 Å². The maximum atomic E-state index is 13.6. The van der Waals surface area contributed by atoms with Crippen molar-refractivity contribution in [1.29, 1.82) is 0 Å². The number of halogens is 2. The van der Waals surface area contributed by atoms with E-state index in [2.05, 4.69) is 4.72 Å². The van der Waals surface area contributed by atoms with Crippen LogP contribution in [0.3, 0.4) is 0 Å². The molecule has 0 heterocycles. The Kier molecular flexibility index (Phi) is 6.88. The normalized spacial score (nSPS) is 12.1. The zero-order chi connectivity index (χ0) is 15.2. The van der Waals surface area contributed by atoms with Crippen molar-refractivity contribution in [3.05, 3.63) is 34.6 Å². The Morgan fingerprint density at radius 3 is 2.65 bits per heavy atom. The van der Waals surface area contributed by atoms with Gasteiger partial charge in [-0.15, -0.1) is 0 Å². The first-order chi connectivity index (χ1) is 9.38. The molecule has 7 heteroatoms. The SMILES string of the molecule is CCCCCNS(=O)(=O)N(C)Cc1c(F)cccc1Cl. The first kappa shape index (κ1) is 17.4. The van der Waals surface area contributed by atoms with Crippen LogP contribution in [0.1, 0.15) is 31.7 Å². The quantitative estimate of drug-likeness (QED) is 0.748. The van der Waals surface area contributed by atoms with Gasteiger partial charge in [0.2, 0.25) is 0 Å². The Balaban J connectivity index is 2.67. The molecule has 4 nitrogen and oxygen atoms in total. The van der Waals surface area contributed by atoms with E-state index >= 15 is 0 Å². The standard InChI is InChI=1S/C13H20ClFN2O2S/c1-3-4-5-9-16-20(18,19)17(2)10-11-12(14)7-6-8-13(11)15/h6-8,16H,3-5,9-10H2,1-2H3. The third-order valence-corrected chi connectivity index (χ3v) is 4.79. The van der Waals surface area contributed by atoms with E-state index in [4.69, 9.17) is 11.6 Å². The maximum absolute atomic E-state index is 13.6. The molecule has 114 valence electrons. The van der Waals surface area contributed by atoms with E-state index in [0.29, 0.717) is 6.54 Å². The van der Waals surface area contributed by atoms with E-state index in [0.717, 1.165) is 23.6 Å². The average Bonchev–Trinajstić information content (AvgIpc) is 2.39. The molecule has 0 spiro atoms. The Labute approximate surface area is 125 Å². The highest BCUT2D eigenvalue weighted by Gasteiger charge is 2.19. The lowest BCUT2D eigenvalue weighted by Crippen LogP contribution is -2.38. The molecule has 0 fully saturated rings. The first-order valence-corrected chi connectivity index (χ1v) is 8.34. The Hall–Kier alpha value is -0.690. The number of hydrogen-bond acceptors (Lipinski definition) is 2. The molecule has 0 saturated carbocycles. The van der Waals surface area contributed by atoms with Crippen LogP contribution in [0.2, 0.25) is 5.02 Å². The predicted octanol–water partition coefficient (Wildman–Crippen LogP) is 2.94. The van der Waals surface area contributed by atoms with Crippen LogP contribution in [-0.2, 0) is 16.8 Å². The van der Waals surface area contributed by atoms with Gasteiger partial charge in [0.1, 0.15) is 5.82 Å². The second-order valence-electron chi connectivity index (χ2n) is 4.56. The molecule has 1 aromatic carbocycles. The van der Waals surface area contributed by atoms with E-state index < -0.39 is 16.0 Å². The maximum Gasteiger partial charge on any atom is 0.279 e. The van der Waals surface area contributed by atoms with Gasteiger partial charge in [0.25, 0.3) is 10.2 Å². The predicted molar refractivity (Wildman–Crippen MR) is 79.3 cm³/mol. The summed E-state index contributed by atoms with van der Waals surface area (Å²) in [5.41, 5.74) is 0.176. The Morgan fingerprint density at radius 1 is 1.35 bits per heavy atom. The van der Waals surface area contributed by atoms with E-state index in [9.17, 15) is 12.8 Å². The van der Waals surface area contributed by atoms with Crippen molar-refractivity contribution in [2.45, 2.75) is 32.7 Å². The topological polar surface area (TPSA) is 49.4 Å². The van der Waals surface area contributed by atoms with Gasteiger partial charge in [-0.1, -0.05) is 37.4 Å². The molecule has 0 aromatic heterocycles. The van der Waals surface area contributed by atoms with Crippen LogP contribution >= 0.6 is 11.6 Å². The highest BCUT2D eigenvalue weighted by molar-refractivity contribution is 7.87. The number of nitrogens with one attached hydrogen (secondary N) is 1. The summed E-state index contributed by atoms with van der Waals surface area (Å²) < 4.78 is 41.1. The summed E-state index contributed by atoms with van der Waals surface area (Å²) in [4.78, 5) is 0. The third kappa shape index (κ3) is 5.01. The number of hydrogen-bond donors (Lipinski definition) is 1. The molecule has 0 bridgehead atoms. The molecule has 0 unspecified atom stereocenters. The summed E-state index contributed by atoms with van der Waals surface area (Å²) in [6, 6.07) is 4.28. The fourth-order valence-electron chi connectivity index (χ4n) is 1.68. The van der Waals surface area contributed by atoms with Crippen molar-refractivity contribution in [2.24, 2.45) is 0 Å². The molecule has 0 atom stereocenters. The summed E-state index contributed by atoms with van der Waals surface area (Å²) in [7, 11) is -2.22. The molecule has 20 heavy (non-hydrogen) atoms. The van der Waals surface area contributed by atoms with Gasteiger partial charge in [-0.25, -0.2) is 9.11 Å². The molecule has 0 aliphatic carbocycles. The number of rotatable bonds is 8. The van der Waals surface area contributed by atoms with Gasteiger partial charge in [-0.05, 0) is 18.6 Å². The van der Waals surface area contributed by atoms with Crippen LogP contribution in [-0.4, -0.2) is 26.3 Å². The fraction of sp³-hybridized carbons (Fsp3) is 0.538. The van der Waals surface area contributed by atoms with Crippen LogP contribution < -0.4 is 4.72 Å². The van der Waals surface area contributed by atoms with Crippen molar-refractivity contribution in [1.82, 2.24) is 9.03 Å². The van der Waals surface area contributed by atoms with Crippen molar-refractivity contribution >= 4 is 21.8 Å². The lowest BCUT2D eigenvalue weighted by Gasteiger charge is -2.18. The summed E-state index contributed by atoms with van der Waals surface area (Å²) >= 11 is 5.89. The molecule has 1 rings (SSSR count). The van der Waals surface area contributed by atoms with Gasteiger partial charge in [-0.3, -0.25) is 0 Å². The van der Waals surface area contributed by atoms with E-state index in [1.807, 2.05) is 6.92 Å². The van der Waals surface area contributed by atoms with Gasteiger partial charge < -0.3 is 0 Å². The van der Waals surface area contributed by atoms with Crippen LogP contribution in [0, 0.1) is 5.82 Å². The lowest BCUT2D eigenvalue weighted by atomic mass is 10.2. The zero-order valence-corrected chi connectivity index (χ0v) is 13.3. The summed E-state index contributed by atoms with van der Waals surface area (Å²) in [6.07, 6.45) is 2.76. The molecular formula is C13H20ClFN2O2S. The second-order valence-corrected chi connectivity index (χ2v) is 6.83. The summed E-state index contributed by atoms with van der Waals surface area (Å²) in [6.45, 7) is 2.32. The second kappa shape index (κ2) is 7.93. The zero-order valence-electron chi connectivity index (χ0n) is 11.7. The summed E-state index contributed by atoms with van der Waals surface area (Å²) in [5, 5.41) is 0.220. The van der Waals surface area contributed by atoms with Crippen molar-refractivity contribution in [3.63, 3.8) is 0 Å². The number of unbranched alkanes of at least 4 members (excludes halogenated alkanes) is 2. The molecular weight excluding hydrogens is 303 g/mol. The molecule has 1 N–H and O–H groups in total. The fourth-order valence-corrected chi connectivity index (χ4v) is 2.82. The van der Waals surface area contributed by atoms with Crippen molar-refractivity contribution in [2.75, 3.05) is 13.6 Å².